The number of nitrogen functional groups attached to an aromatic ring is 1. The van der Waals surface area contributed by atoms with Gasteiger partial charge in [0.15, 0.2) is 15.0 Å². The van der Waals surface area contributed by atoms with Crippen molar-refractivity contribution in [3.63, 3.8) is 0 Å². The van der Waals surface area contributed by atoms with E-state index in [1.54, 1.807) is 7.11 Å². The zero-order valence-electron chi connectivity index (χ0n) is 17.7. The Bertz CT molecular complexity index is 1220. The second-order valence-electron chi connectivity index (χ2n) is 7.48. The fraction of sp³-hybridized carbons (Fsp3) is 0.421. The molecule has 1 atom stereocenters. The SMILES string of the molecule is COc1ccccc1Nc1nc(N)nc(CSc2nnc(C[C@@H]3CCS(=O)(=O)C3)n2C)n1. The van der Waals surface area contributed by atoms with Gasteiger partial charge in [-0.2, -0.15) is 15.0 Å². The topological polar surface area (TPSA) is 151 Å². The van der Waals surface area contributed by atoms with Gasteiger partial charge in [0.25, 0.3) is 0 Å². The van der Waals surface area contributed by atoms with E-state index in [2.05, 4.69) is 30.5 Å². The summed E-state index contributed by atoms with van der Waals surface area (Å²) in [5.74, 6) is 3.31. The largest absolute Gasteiger partial charge is 0.495 e. The zero-order valence-corrected chi connectivity index (χ0v) is 19.4. The molecule has 0 radical (unpaired) electrons. The summed E-state index contributed by atoms with van der Waals surface area (Å²) in [7, 11) is 0.547. The lowest BCUT2D eigenvalue weighted by Gasteiger charge is -2.10. The minimum absolute atomic E-state index is 0.0905. The average Bonchev–Trinajstić information content (AvgIpc) is 3.28. The van der Waals surface area contributed by atoms with Gasteiger partial charge in [0.05, 0.1) is 30.1 Å². The maximum absolute atomic E-state index is 11.7. The Hall–Kier alpha value is -2.93. The van der Waals surface area contributed by atoms with Crippen molar-refractivity contribution in [3.8, 4) is 5.75 Å². The first kappa shape index (κ1) is 22.3. The number of hydrogen-bond acceptors (Lipinski definition) is 11. The molecule has 0 bridgehead atoms. The quantitative estimate of drug-likeness (QED) is 0.456. The number of sulfone groups is 1. The summed E-state index contributed by atoms with van der Waals surface area (Å²) in [5.41, 5.74) is 6.59. The molecule has 0 amide bonds. The number of thioether (sulfide) groups is 1. The van der Waals surface area contributed by atoms with Crippen molar-refractivity contribution >= 4 is 39.2 Å². The molecule has 32 heavy (non-hydrogen) atoms. The third kappa shape index (κ3) is 5.27. The smallest absolute Gasteiger partial charge is 0.232 e. The number of ether oxygens (including phenoxy) is 1. The summed E-state index contributed by atoms with van der Waals surface area (Å²) < 4.78 is 30.6. The van der Waals surface area contributed by atoms with Gasteiger partial charge in [0.2, 0.25) is 11.9 Å². The highest BCUT2D eigenvalue weighted by Crippen LogP contribution is 2.27. The van der Waals surface area contributed by atoms with Crippen molar-refractivity contribution in [2.75, 3.05) is 29.7 Å². The first-order valence-corrected chi connectivity index (χ1v) is 12.8. The molecule has 1 fully saturated rings. The van der Waals surface area contributed by atoms with Crippen LogP contribution in [0.4, 0.5) is 17.6 Å². The van der Waals surface area contributed by atoms with Gasteiger partial charge < -0.3 is 20.4 Å². The molecule has 0 spiro atoms. The number of para-hydroxylation sites is 2. The van der Waals surface area contributed by atoms with E-state index < -0.39 is 9.84 Å². The van der Waals surface area contributed by atoms with Gasteiger partial charge in [-0.1, -0.05) is 23.9 Å². The lowest BCUT2D eigenvalue weighted by Crippen LogP contribution is -2.11. The molecule has 3 aromatic rings. The molecule has 3 N–H and O–H groups in total. The van der Waals surface area contributed by atoms with Crippen molar-refractivity contribution in [1.29, 1.82) is 0 Å². The summed E-state index contributed by atoms with van der Waals surface area (Å²) in [6, 6.07) is 7.42. The minimum Gasteiger partial charge on any atom is -0.495 e. The van der Waals surface area contributed by atoms with Crippen LogP contribution >= 0.6 is 11.8 Å². The van der Waals surface area contributed by atoms with Gasteiger partial charge in [0.1, 0.15) is 17.4 Å². The number of hydrogen-bond donors (Lipinski definition) is 2. The van der Waals surface area contributed by atoms with Gasteiger partial charge in [-0.15, -0.1) is 10.2 Å². The fourth-order valence-electron chi connectivity index (χ4n) is 3.50. The van der Waals surface area contributed by atoms with Crippen LogP contribution in [0, 0.1) is 5.92 Å². The lowest BCUT2D eigenvalue weighted by molar-refractivity contribution is 0.417. The molecule has 0 aliphatic carbocycles. The highest BCUT2D eigenvalue weighted by molar-refractivity contribution is 7.98. The number of nitrogens with one attached hydrogen (secondary N) is 1. The average molecular weight is 477 g/mol. The van der Waals surface area contributed by atoms with Crippen LogP contribution in [0.3, 0.4) is 0 Å². The van der Waals surface area contributed by atoms with Crippen LogP contribution in [0.2, 0.25) is 0 Å². The molecule has 3 heterocycles. The van der Waals surface area contributed by atoms with Gasteiger partial charge in [0, 0.05) is 13.5 Å². The summed E-state index contributed by atoms with van der Waals surface area (Å²) in [5, 5.41) is 12.3. The molecule has 13 heteroatoms. The van der Waals surface area contributed by atoms with Crippen molar-refractivity contribution in [3.05, 3.63) is 35.9 Å². The Labute approximate surface area is 190 Å². The molecule has 170 valence electrons. The van der Waals surface area contributed by atoms with Gasteiger partial charge in [-0.05, 0) is 24.5 Å². The van der Waals surface area contributed by atoms with E-state index in [4.69, 9.17) is 10.5 Å². The molecule has 0 unspecified atom stereocenters. The van der Waals surface area contributed by atoms with E-state index in [-0.39, 0.29) is 23.4 Å². The minimum atomic E-state index is -2.91. The maximum Gasteiger partial charge on any atom is 0.232 e. The molecule has 1 saturated heterocycles. The molecule has 1 aliphatic heterocycles. The highest BCUT2D eigenvalue weighted by atomic mass is 32.2. The van der Waals surface area contributed by atoms with E-state index >= 15 is 0 Å². The van der Waals surface area contributed by atoms with Crippen LogP contribution in [0.5, 0.6) is 5.75 Å². The monoisotopic (exact) mass is 476 g/mol. The number of anilines is 3. The molecule has 0 saturated carbocycles. The van der Waals surface area contributed by atoms with E-state index in [1.165, 1.54) is 11.8 Å². The van der Waals surface area contributed by atoms with Crippen molar-refractivity contribution in [1.82, 2.24) is 29.7 Å². The molecule has 1 aromatic carbocycles. The number of benzene rings is 1. The summed E-state index contributed by atoms with van der Waals surface area (Å²) >= 11 is 1.42. The summed E-state index contributed by atoms with van der Waals surface area (Å²) in [6.45, 7) is 0. The van der Waals surface area contributed by atoms with E-state index in [0.29, 0.717) is 47.0 Å². The van der Waals surface area contributed by atoms with Crippen molar-refractivity contribution in [2.45, 2.75) is 23.8 Å². The molecule has 2 aromatic heterocycles. The van der Waals surface area contributed by atoms with Gasteiger partial charge >= 0.3 is 0 Å². The Morgan fingerprint density at radius 3 is 2.81 bits per heavy atom. The van der Waals surface area contributed by atoms with Crippen LogP contribution in [-0.2, 0) is 29.1 Å². The van der Waals surface area contributed by atoms with Crippen LogP contribution in [0.1, 0.15) is 18.1 Å². The Kier molecular flexibility index (Phi) is 6.46. The predicted molar refractivity (Wildman–Crippen MR) is 122 cm³/mol. The van der Waals surface area contributed by atoms with E-state index in [0.717, 1.165) is 5.82 Å². The number of nitrogens with two attached hydrogens (primary N) is 1. The normalized spacial score (nSPS) is 17.4. The molecule has 4 rings (SSSR count). The Morgan fingerprint density at radius 1 is 1.25 bits per heavy atom. The van der Waals surface area contributed by atoms with Crippen LogP contribution in [0.25, 0.3) is 0 Å². The molecule has 11 nitrogen and oxygen atoms in total. The Balaban J connectivity index is 1.42. The lowest BCUT2D eigenvalue weighted by atomic mass is 10.1. The van der Waals surface area contributed by atoms with Crippen LogP contribution < -0.4 is 15.8 Å². The van der Waals surface area contributed by atoms with E-state index in [1.807, 2.05) is 35.9 Å². The van der Waals surface area contributed by atoms with Crippen molar-refractivity contribution in [2.24, 2.45) is 13.0 Å². The molecular weight excluding hydrogens is 452 g/mol. The van der Waals surface area contributed by atoms with Crippen LogP contribution in [-0.4, -0.2) is 56.7 Å². The maximum atomic E-state index is 11.7. The highest BCUT2D eigenvalue weighted by Gasteiger charge is 2.29. The molecule has 1 aliphatic rings. The summed E-state index contributed by atoms with van der Waals surface area (Å²) in [6.07, 6.45) is 1.26. The van der Waals surface area contributed by atoms with Crippen LogP contribution in [0.15, 0.2) is 29.4 Å². The third-order valence-corrected chi connectivity index (χ3v) is 7.96. The van der Waals surface area contributed by atoms with Gasteiger partial charge in [-0.3, -0.25) is 0 Å². The standard InChI is InChI=1S/C19H24N8O3S2/c1-27-16(9-12-7-8-32(28,29)11-12)25-26-19(27)31-10-15-22-17(20)24-18(23-15)21-13-5-3-4-6-14(13)30-2/h3-6,12H,7-11H2,1-2H3,(H3,20,21,22,23,24)/t12-/m0/s1. The fourth-order valence-corrected chi connectivity index (χ4v) is 6.14. The third-order valence-electron chi connectivity index (χ3n) is 5.11. The first-order valence-electron chi connectivity index (χ1n) is 9.95. The second-order valence-corrected chi connectivity index (χ2v) is 10.6. The van der Waals surface area contributed by atoms with Gasteiger partial charge in [-0.25, -0.2) is 8.42 Å². The first-order chi connectivity index (χ1) is 15.3. The van der Waals surface area contributed by atoms with Crippen molar-refractivity contribution < 1.29 is 13.2 Å². The molecular formula is C19H24N8O3S2. The zero-order chi connectivity index (χ0) is 22.7. The number of aromatic nitrogens is 6. The number of rotatable bonds is 8. The number of methoxy groups -OCH3 is 1. The summed E-state index contributed by atoms with van der Waals surface area (Å²) in [4.78, 5) is 12.8. The number of nitrogens with zero attached hydrogens (tertiary/aromatic N) is 6. The van der Waals surface area contributed by atoms with E-state index in [9.17, 15) is 8.42 Å². The second kappa shape index (κ2) is 9.28. The predicted octanol–water partition coefficient (Wildman–Crippen LogP) is 1.60. The Morgan fingerprint density at radius 2 is 2.06 bits per heavy atom.